The van der Waals surface area contributed by atoms with Gasteiger partial charge in [-0.05, 0) is 44.5 Å². The Morgan fingerprint density at radius 2 is 0.635 bits per heavy atom. The van der Waals surface area contributed by atoms with Gasteiger partial charge in [-0.2, -0.15) is 0 Å². The molecule has 7 aromatic carbocycles. The van der Waals surface area contributed by atoms with E-state index in [1.165, 1.54) is 0 Å². The summed E-state index contributed by atoms with van der Waals surface area (Å²) in [6.07, 6.45) is -7.61. The lowest BCUT2D eigenvalue weighted by Gasteiger charge is -2.47. The minimum atomic E-state index is -1.16. The maximum atomic E-state index is 10.3. The van der Waals surface area contributed by atoms with Crippen molar-refractivity contribution in [1.29, 1.82) is 0 Å². The van der Waals surface area contributed by atoms with Crippen molar-refractivity contribution >= 4 is 0 Å². The summed E-state index contributed by atoms with van der Waals surface area (Å²) in [6, 6.07) is 68.4. The average Bonchev–Trinajstić information content (AvgIpc) is 3.46. The molecule has 74 heavy (non-hydrogen) atoms. The van der Waals surface area contributed by atoms with Crippen LogP contribution in [0, 0.1) is 0 Å². The third kappa shape index (κ3) is 15.3. The molecular weight excluding hydrogens is 935 g/mol. The lowest BCUT2D eigenvalue weighted by atomic mass is 9.96. The average molecular weight is 998 g/mol. The minimum Gasteiger partial charge on any atom is -0.374 e. The molecule has 0 aromatic heterocycles. The monoisotopic (exact) mass is 997 g/mol. The second kappa shape index (κ2) is 28.2. The highest BCUT2D eigenvalue weighted by Gasteiger charge is 2.52. The molecular formula is C61H63N3O10. The summed E-state index contributed by atoms with van der Waals surface area (Å²) in [5, 5.41) is 4.35. The summed E-state index contributed by atoms with van der Waals surface area (Å²) >= 11 is 0. The van der Waals surface area contributed by atoms with Gasteiger partial charge in [0.2, 0.25) is 0 Å². The molecule has 13 nitrogen and oxygen atoms in total. The first-order valence-electron chi connectivity index (χ1n) is 25.2. The molecule has 10 atom stereocenters. The minimum absolute atomic E-state index is 0.108. The van der Waals surface area contributed by atoms with Gasteiger partial charge in [0.1, 0.15) is 48.8 Å². The Bertz CT molecular complexity index is 2690. The maximum Gasteiger partial charge on any atom is 0.187 e. The van der Waals surface area contributed by atoms with Gasteiger partial charge < -0.3 is 47.4 Å². The number of hydrogen-bond donors (Lipinski definition) is 0. The van der Waals surface area contributed by atoms with Gasteiger partial charge in [-0.15, -0.1) is 0 Å². The van der Waals surface area contributed by atoms with Crippen LogP contribution in [0.3, 0.4) is 0 Å². The summed E-state index contributed by atoms with van der Waals surface area (Å²) in [7, 11) is 0. The van der Waals surface area contributed by atoms with Crippen molar-refractivity contribution in [2.75, 3.05) is 13.2 Å². The molecule has 2 saturated heterocycles. The van der Waals surface area contributed by atoms with Crippen molar-refractivity contribution in [2.45, 2.75) is 108 Å². The fourth-order valence-corrected chi connectivity index (χ4v) is 9.10. The van der Waals surface area contributed by atoms with Gasteiger partial charge in [0.25, 0.3) is 0 Å². The van der Waals surface area contributed by atoms with Crippen LogP contribution in [-0.4, -0.2) is 74.6 Å². The maximum absolute atomic E-state index is 10.3. The molecule has 0 spiro atoms. The summed E-state index contributed by atoms with van der Waals surface area (Å²) in [5.74, 6) is 0. The zero-order chi connectivity index (χ0) is 50.4. The van der Waals surface area contributed by atoms with E-state index in [2.05, 4.69) is 10.0 Å². The third-order valence-electron chi connectivity index (χ3n) is 12.9. The third-order valence-corrected chi connectivity index (χ3v) is 12.9. The van der Waals surface area contributed by atoms with E-state index in [1.807, 2.05) is 212 Å². The number of ether oxygens (including phenoxy) is 10. The number of benzene rings is 7. The SMILES string of the molecule is [N-]=[N+]=N[C@H]1[C@@H](OC[C@H]2O[C@@H](OCc3ccccc3)[C@H](OCc3ccccc3)[C@@H](OCc3ccccc3)[C@@H]2OCc2ccccc2)O[C@H](COCc2ccccc2)[C@@H](OCc2ccccc2)[C@@H]1OCc1ccccc1. The standard InChI is InChI=1S/C61H63N3O10/c62-64-63-54-57(68-39-48-28-14-4-15-29-48)55(66-37-46-24-10-2-11-25-46)52(43-65-36-45-22-8-1-9-23-45)73-60(54)72-44-53-56(67-38-47-26-12-3-13-27-47)58(69-40-49-30-16-5-17-31-49)59(70-41-50-32-18-6-19-33-50)61(74-53)71-42-51-34-20-7-21-35-51/h1-35,52-61H,36-44H2/t52-,53-,54-,55-,56-,57-,58+,59-,60+,61-/m1/s1. The van der Waals surface area contributed by atoms with Crippen LogP contribution < -0.4 is 0 Å². The highest BCUT2D eigenvalue weighted by atomic mass is 16.7. The molecule has 0 unspecified atom stereocenters. The number of nitrogens with zero attached hydrogens (tertiary/aromatic N) is 3. The number of azide groups is 1. The molecule has 9 rings (SSSR count). The van der Waals surface area contributed by atoms with E-state index in [1.54, 1.807) is 0 Å². The van der Waals surface area contributed by atoms with Gasteiger partial charge in [0, 0.05) is 4.91 Å². The first-order valence-corrected chi connectivity index (χ1v) is 25.2. The molecule has 382 valence electrons. The molecule has 0 bridgehead atoms. The topological polar surface area (TPSA) is 141 Å². The predicted molar refractivity (Wildman–Crippen MR) is 279 cm³/mol. The van der Waals surface area contributed by atoms with Gasteiger partial charge in [0.15, 0.2) is 12.6 Å². The normalized spacial score (nSPS) is 23.7. The van der Waals surface area contributed by atoms with E-state index >= 15 is 0 Å². The highest BCUT2D eigenvalue weighted by molar-refractivity contribution is 5.19. The summed E-state index contributed by atoms with van der Waals surface area (Å²) in [6.45, 7) is 1.73. The van der Waals surface area contributed by atoms with Crippen molar-refractivity contribution in [3.63, 3.8) is 0 Å². The van der Waals surface area contributed by atoms with E-state index in [0.29, 0.717) is 6.61 Å². The van der Waals surface area contributed by atoms with Crippen molar-refractivity contribution in [2.24, 2.45) is 5.11 Å². The summed E-state index contributed by atoms with van der Waals surface area (Å²) in [4.78, 5) is 3.34. The summed E-state index contributed by atoms with van der Waals surface area (Å²) < 4.78 is 68.3. The Labute approximate surface area is 433 Å². The van der Waals surface area contributed by atoms with Crippen molar-refractivity contribution < 1.29 is 47.4 Å². The van der Waals surface area contributed by atoms with Crippen LogP contribution in [0.2, 0.25) is 0 Å². The molecule has 2 aliphatic heterocycles. The largest absolute Gasteiger partial charge is 0.374 e. The first kappa shape index (κ1) is 52.3. The van der Waals surface area contributed by atoms with Gasteiger partial charge >= 0.3 is 0 Å². The van der Waals surface area contributed by atoms with Crippen molar-refractivity contribution in [1.82, 2.24) is 0 Å². The number of rotatable bonds is 26. The lowest BCUT2D eigenvalue weighted by Crippen LogP contribution is -2.63. The highest BCUT2D eigenvalue weighted by Crippen LogP contribution is 2.35. The Morgan fingerprint density at radius 3 is 1.04 bits per heavy atom. The van der Waals surface area contributed by atoms with Crippen LogP contribution in [0.1, 0.15) is 38.9 Å². The quantitative estimate of drug-likeness (QED) is 0.0292. The molecule has 0 amide bonds. The van der Waals surface area contributed by atoms with Crippen molar-refractivity contribution in [3.8, 4) is 0 Å². The van der Waals surface area contributed by atoms with Crippen LogP contribution >= 0.6 is 0 Å². The number of hydrogen-bond acceptors (Lipinski definition) is 11. The molecule has 2 fully saturated rings. The van der Waals surface area contributed by atoms with Crippen molar-refractivity contribution in [3.05, 3.63) is 262 Å². The van der Waals surface area contributed by atoms with E-state index in [-0.39, 0.29) is 52.9 Å². The van der Waals surface area contributed by atoms with E-state index in [0.717, 1.165) is 38.9 Å². The molecule has 13 heteroatoms. The fraction of sp³-hybridized carbons (Fsp3) is 0.311. The van der Waals surface area contributed by atoms with Gasteiger partial charge in [-0.25, -0.2) is 0 Å². The molecule has 7 aromatic rings. The Hall–Kier alpha value is -6.55. The van der Waals surface area contributed by atoms with E-state index in [4.69, 9.17) is 47.4 Å². The Morgan fingerprint density at radius 1 is 0.324 bits per heavy atom. The Balaban J connectivity index is 1.05. The summed E-state index contributed by atoms with van der Waals surface area (Å²) in [5.41, 5.74) is 17.0. The Kier molecular flexibility index (Phi) is 19.9. The zero-order valence-corrected chi connectivity index (χ0v) is 41.3. The molecule has 0 aliphatic carbocycles. The molecule has 0 saturated carbocycles. The van der Waals surface area contributed by atoms with E-state index < -0.39 is 61.3 Å². The molecule has 2 aliphatic rings. The van der Waals surface area contributed by atoms with Gasteiger partial charge in [-0.3, -0.25) is 0 Å². The fourth-order valence-electron chi connectivity index (χ4n) is 9.10. The van der Waals surface area contributed by atoms with Crippen LogP contribution in [0.15, 0.2) is 217 Å². The second-order valence-electron chi connectivity index (χ2n) is 18.2. The zero-order valence-electron chi connectivity index (χ0n) is 41.3. The molecule has 0 N–H and O–H groups in total. The van der Waals surface area contributed by atoms with Crippen LogP contribution in [-0.2, 0) is 93.6 Å². The van der Waals surface area contributed by atoms with Gasteiger partial charge in [0.05, 0.1) is 59.5 Å². The predicted octanol–water partition coefficient (Wildman–Crippen LogP) is 11.5. The van der Waals surface area contributed by atoms with Gasteiger partial charge in [-0.1, -0.05) is 217 Å². The van der Waals surface area contributed by atoms with Crippen LogP contribution in [0.4, 0.5) is 0 Å². The lowest BCUT2D eigenvalue weighted by molar-refractivity contribution is -0.342. The van der Waals surface area contributed by atoms with Crippen LogP contribution in [0.5, 0.6) is 0 Å². The van der Waals surface area contributed by atoms with Crippen LogP contribution in [0.25, 0.3) is 10.4 Å². The second-order valence-corrected chi connectivity index (χ2v) is 18.2. The smallest absolute Gasteiger partial charge is 0.187 e. The molecule has 0 radical (unpaired) electrons. The molecule has 2 heterocycles. The van der Waals surface area contributed by atoms with E-state index in [9.17, 15) is 5.53 Å². The first-order chi connectivity index (χ1) is 36.7.